The molecular weight excluding hydrogens is 335 g/mol. The third-order valence-corrected chi connectivity index (χ3v) is 7.31. The average Bonchev–Trinajstić information content (AvgIpc) is 2.46. The smallest absolute Gasteiger partial charge is 0.173 e. The Hall–Kier alpha value is -0.870. The first-order chi connectivity index (χ1) is 8.92. The lowest BCUT2D eigenvalue weighted by atomic mass is 10.4. The zero-order chi connectivity index (χ0) is 12.6. The molecule has 95 valence electrons. The number of benzene rings is 2. The van der Waals surface area contributed by atoms with Gasteiger partial charge in [0.05, 0.1) is 6.61 Å². The third kappa shape index (κ3) is 3.82. The van der Waals surface area contributed by atoms with Crippen LogP contribution < -0.4 is 20.2 Å². The molecule has 0 aliphatic rings. The van der Waals surface area contributed by atoms with Gasteiger partial charge in [0, 0.05) is 0 Å². The van der Waals surface area contributed by atoms with E-state index in [0.29, 0.717) is 0 Å². The molecule has 0 aliphatic carbocycles. The summed E-state index contributed by atoms with van der Waals surface area (Å²) in [6.45, 7) is 3.08. The van der Waals surface area contributed by atoms with Crippen LogP contribution in [0.4, 0.5) is 0 Å². The van der Waals surface area contributed by atoms with E-state index in [-0.39, 0.29) is 0 Å². The lowest BCUT2D eigenvalue weighted by Gasteiger charge is -2.04. The Morgan fingerprint density at radius 1 is 0.833 bits per heavy atom. The number of rotatable bonds is 6. The quantitative estimate of drug-likeness (QED) is 0.557. The lowest BCUT2D eigenvalue weighted by Crippen LogP contribution is -3.85. The van der Waals surface area contributed by atoms with Crippen LogP contribution in [0.3, 0.4) is 0 Å². The largest absolute Gasteiger partial charge is 0.301 e. The zero-order valence-corrected chi connectivity index (χ0v) is 12.8. The number of unbranched alkanes of at least 4 members (excludes halogenated alkanes) is 1. The third-order valence-electron chi connectivity index (χ3n) is 2.55. The second-order valence-electron chi connectivity index (χ2n) is 4.01. The van der Waals surface area contributed by atoms with Gasteiger partial charge < -0.3 is 0 Å². The molecule has 1 nitrogen and oxygen atoms in total. The molecular formula is C16H19IO+. The predicted octanol–water partition coefficient (Wildman–Crippen LogP) is 1.08. The monoisotopic (exact) mass is 354 g/mol. The van der Waals surface area contributed by atoms with Gasteiger partial charge in [0.1, 0.15) is 0 Å². The van der Waals surface area contributed by atoms with E-state index in [0.717, 1.165) is 13.0 Å². The molecule has 2 heteroatoms. The minimum atomic E-state index is -1.68. The highest BCUT2D eigenvalue weighted by molar-refractivity contribution is 5.03. The molecule has 0 heterocycles. The van der Waals surface area contributed by atoms with Crippen molar-refractivity contribution in [3.05, 3.63) is 67.8 Å². The Labute approximate surface area is 117 Å². The van der Waals surface area contributed by atoms with Gasteiger partial charge >= 0.3 is 20.2 Å². The van der Waals surface area contributed by atoms with Gasteiger partial charge in [-0.15, -0.1) is 0 Å². The van der Waals surface area contributed by atoms with Gasteiger partial charge in [-0.05, 0) is 30.7 Å². The molecule has 0 aliphatic heterocycles. The summed E-state index contributed by atoms with van der Waals surface area (Å²) in [7, 11) is 0. The normalized spacial score (nSPS) is 10.8. The van der Waals surface area contributed by atoms with Crippen LogP contribution in [0, 0.1) is 7.14 Å². The maximum Gasteiger partial charge on any atom is 0.301 e. The Morgan fingerprint density at radius 2 is 1.33 bits per heavy atom. The van der Waals surface area contributed by atoms with Crippen LogP contribution in [-0.4, -0.2) is 6.61 Å². The summed E-state index contributed by atoms with van der Waals surface area (Å²) >= 11 is -1.68. The summed E-state index contributed by atoms with van der Waals surface area (Å²) in [4.78, 5) is 0. The van der Waals surface area contributed by atoms with Gasteiger partial charge in [0.25, 0.3) is 0 Å². The van der Waals surface area contributed by atoms with Crippen molar-refractivity contribution in [2.75, 3.05) is 6.61 Å². The van der Waals surface area contributed by atoms with Gasteiger partial charge in [0.15, 0.2) is 7.14 Å². The molecule has 0 N–H and O–H groups in total. The van der Waals surface area contributed by atoms with Gasteiger partial charge in [-0.3, -0.25) is 0 Å². The number of hydrogen-bond acceptors (Lipinski definition) is 1. The first kappa shape index (κ1) is 13.6. The fraction of sp³-hybridized carbons (Fsp3) is 0.250. The van der Waals surface area contributed by atoms with Crippen molar-refractivity contribution in [1.29, 1.82) is 0 Å². The van der Waals surface area contributed by atoms with E-state index in [1.165, 1.54) is 13.6 Å². The Balaban J connectivity index is 2.18. The average molecular weight is 354 g/mol. The highest BCUT2D eigenvalue weighted by atomic mass is 127. The predicted molar refractivity (Wildman–Crippen MR) is 71.1 cm³/mol. The molecule has 18 heavy (non-hydrogen) atoms. The zero-order valence-electron chi connectivity index (χ0n) is 10.7. The van der Waals surface area contributed by atoms with Crippen molar-refractivity contribution >= 4 is 0 Å². The van der Waals surface area contributed by atoms with E-state index in [9.17, 15) is 0 Å². The van der Waals surface area contributed by atoms with Crippen LogP contribution in [0.2, 0.25) is 0 Å². The number of halogens is 1. The maximum atomic E-state index is 6.21. The summed E-state index contributed by atoms with van der Waals surface area (Å²) in [5.41, 5.74) is 0. The molecule has 0 bridgehead atoms. The van der Waals surface area contributed by atoms with Crippen LogP contribution in [0.1, 0.15) is 19.8 Å². The Bertz CT molecular complexity index is 402. The summed E-state index contributed by atoms with van der Waals surface area (Å²) in [6, 6.07) is 21.3. The van der Waals surface area contributed by atoms with Gasteiger partial charge in [-0.25, -0.2) is 0 Å². The minimum Gasteiger partial charge on any atom is -0.173 e. The highest BCUT2D eigenvalue weighted by Crippen LogP contribution is 1.89. The van der Waals surface area contributed by atoms with Gasteiger partial charge in [-0.1, -0.05) is 49.7 Å². The molecule has 2 aromatic rings. The molecule has 0 saturated heterocycles. The molecule has 2 aromatic carbocycles. The molecule has 0 fully saturated rings. The van der Waals surface area contributed by atoms with Crippen molar-refractivity contribution in [3.63, 3.8) is 0 Å². The molecule has 0 spiro atoms. The molecule has 0 aromatic heterocycles. The van der Waals surface area contributed by atoms with Crippen LogP contribution in [0.5, 0.6) is 0 Å². The van der Waals surface area contributed by atoms with Crippen molar-refractivity contribution in [2.24, 2.45) is 0 Å². The Kier molecular flexibility index (Phi) is 5.68. The van der Waals surface area contributed by atoms with Crippen LogP contribution in [0.15, 0.2) is 60.7 Å². The lowest BCUT2D eigenvalue weighted by molar-refractivity contribution is -1.06. The van der Waals surface area contributed by atoms with E-state index in [1.807, 2.05) is 0 Å². The van der Waals surface area contributed by atoms with E-state index >= 15 is 0 Å². The van der Waals surface area contributed by atoms with Crippen LogP contribution >= 0.6 is 0 Å². The van der Waals surface area contributed by atoms with Crippen molar-refractivity contribution in [1.82, 2.24) is 0 Å². The summed E-state index contributed by atoms with van der Waals surface area (Å²) < 4.78 is 8.97. The molecule has 1 radical (unpaired) electrons. The summed E-state index contributed by atoms with van der Waals surface area (Å²) in [5, 5.41) is 0. The summed E-state index contributed by atoms with van der Waals surface area (Å²) in [5.74, 6) is 0. The van der Waals surface area contributed by atoms with Crippen LogP contribution in [0.25, 0.3) is 0 Å². The van der Waals surface area contributed by atoms with Crippen LogP contribution in [-0.2, 0) is 3.07 Å². The second kappa shape index (κ2) is 7.54. The first-order valence-electron chi connectivity index (χ1n) is 6.35. The molecule has 0 saturated carbocycles. The summed E-state index contributed by atoms with van der Waals surface area (Å²) in [6.07, 6.45) is 2.33. The van der Waals surface area contributed by atoms with E-state index in [2.05, 4.69) is 67.6 Å². The van der Waals surface area contributed by atoms with Crippen molar-refractivity contribution in [2.45, 2.75) is 19.8 Å². The van der Waals surface area contributed by atoms with Crippen molar-refractivity contribution < 1.29 is 23.3 Å². The van der Waals surface area contributed by atoms with Gasteiger partial charge in [-0.2, -0.15) is 3.07 Å². The van der Waals surface area contributed by atoms with E-state index in [1.54, 1.807) is 0 Å². The fourth-order valence-electron chi connectivity index (χ4n) is 1.59. The van der Waals surface area contributed by atoms with Crippen molar-refractivity contribution in [3.8, 4) is 0 Å². The highest BCUT2D eigenvalue weighted by Gasteiger charge is 2.29. The van der Waals surface area contributed by atoms with Gasteiger partial charge in [0.2, 0.25) is 0 Å². The topological polar surface area (TPSA) is 9.23 Å². The van der Waals surface area contributed by atoms with E-state index < -0.39 is 20.2 Å². The minimum absolute atomic E-state index is 0.880. The fourth-order valence-corrected chi connectivity index (χ4v) is 5.91. The maximum absolute atomic E-state index is 6.21. The molecule has 2 rings (SSSR count). The SMILES string of the molecule is CCCCO[I+](c1ccccc1)c1ccccc1. The standard InChI is InChI=1S/C16H19IO/c1-2-3-14-18-17(15-10-6-4-7-11-15)16-12-8-5-9-13-16/h4-13H,2-3,14H2,1H3/q+1. The Morgan fingerprint density at radius 3 is 1.78 bits per heavy atom. The molecule has 0 unspecified atom stereocenters. The number of hydrogen-bond donors (Lipinski definition) is 0. The second-order valence-corrected chi connectivity index (χ2v) is 8.54. The molecule has 0 amide bonds. The first-order valence-corrected chi connectivity index (χ1v) is 9.39. The molecule has 0 atom stereocenters. The van der Waals surface area contributed by atoms with E-state index in [4.69, 9.17) is 3.07 Å².